The van der Waals surface area contributed by atoms with Crippen LogP contribution in [-0.2, 0) is 23.9 Å². The van der Waals surface area contributed by atoms with Gasteiger partial charge in [-0.05, 0) is 25.5 Å². The molecule has 9 N–H and O–H groups in total. The highest BCUT2D eigenvalue weighted by atomic mass is 32.2. The number of nitrogens with one attached hydrogen (secondary N) is 1. The third-order valence-corrected chi connectivity index (χ3v) is 6.58. The summed E-state index contributed by atoms with van der Waals surface area (Å²) >= 11 is 1.63. The molecule has 0 aromatic rings. The molecule has 0 saturated carbocycles. The van der Waals surface area contributed by atoms with Crippen molar-refractivity contribution in [1.29, 1.82) is 0 Å². The fourth-order valence-electron chi connectivity index (χ4n) is 3.31. The zero-order valence-electron chi connectivity index (χ0n) is 21.1. The summed E-state index contributed by atoms with van der Waals surface area (Å²) in [7, 11) is 0. The number of amides is 1. The Morgan fingerprint density at radius 3 is 2.42 bits per heavy atom. The predicted octanol–water partition coefficient (Wildman–Crippen LogP) is -4.14. The Hall–Kier alpha value is -1.44. The van der Waals surface area contributed by atoms with E-state index in [-0.39, 0.29) is 5.78 Å². The van der Waals surface area contributed by atoms with Crippen LogP contribution in [0.1, 0.15) is 26.2 Å². The Labute approximate surface area is 224 Å². The topological polar surface area (TPSA) is 248 Å². The Bertz CT molecular complexity index is 717. The number of hydrogen-bond donors (Lipinski definition) is 9. The van der Waals surface area contributed by atoms with Crippen molar-refractivity contribution in [2.75, 3.05) is 37.9 Å². The van der Waals surface area contributed by atoms with Crippen LogP contribution in [0.2, 0.25) is 0 Å². The van der Waals surface area contributed by atoms with Crippen molar-refractivity contribution in [1.82, 2.24) is 5.32 Å². The van der Waals surface area contributed by atoms with Gasteiger partial charge in [-0.3, -0.25) is 4.79 Å². The number of aliphatic hydroxyl groups is 8. The number of hydrogen-bond acceptors (Lipinski definition) is 15. The van der Waals surface area contributed by atoms with Gasteiger partial charge in [0.25, 0.3) is 5.91 Å². The van der Waals surface area contributed by atoms with Crippen LogP contribution in [0, 0.1) is 0 Å². The molecule has 4 unspecified atom stereocenters. The fraction of sp³-hybridized carbons (Fsp3) is 0.864. The Kier molecular flexibility index (Phi) is 17.1. The molecule has 0 aromatic carbocycles. The van der Waals surface area contributed by atoms with Crippen LogP contribution in [0.25, 0.3) is 0 Å². The molecule has 1 rings (SSSR count). The molecular weight excluding hydrogens is 532 g/mol. The van der Waals surface area contributed by atoms with Crippen molar-refractivity contribution in [3.8, 4) is 0 Å². The highest BCUT2D eigenvalue weighted by Crippen LogP contribution is 2.24. The lowest BCUT2D eigenvalue weighted by molar-refractivity contribution is -0.326. The number of rotatable bonds is 19. The number of carbonyl (C=O) groups is 2. The van der Waals surface area contributed by atoms with Crippen LogP contribution in [0.5, 0.6) is 0 Å². The molecule has 0 aromatic heterocycles. The quantitative estimate of drug-likeness (QED) is 0.0405. The van der Waals surface area contributed by atoms with Crippen LogP contribution >= 0.6 is 11.8 Å². The highest BCUT2D eigenvalue weighted by Gasteiger charge is 2.46. The van der Waals surface area contributed by atoms with Crippen molar-refractivity contribution < 1.29 is 64.8 Å². The van der Waals surface area contributed by atoms with E-state index in [1.807, 2.05) is 0 Å². The molecular formula is C22H40N2O13S. The van der Waals surface area contributed by atoms with Gasteiger partial charge in [0.1, 0.15) is 54.6 Å². The zero-order valence-corrected chi connectivity index (χ0v) is 21.9. The van der Waals surface area contributed by atoms with Gasteiger partial charge in [-0.1, -0.05) is 5.16 Å². The second kappa shape index (κ2) is 18.8. The number of aliphatic hydroxyl groups excluding tert-OH is 8. The summed E-state index contributed by atoms with van der Waals surface area (Å²) < 4.78 is 10.4. The molecule has 38 heavy (non-hydrogen) atoms. The average molecular weight is 573 g/mol. The first-order chi connectivity index (χ1) is 18.0. The minimum Gasteiger partial charge on any atom is -0.394 e. The van der Waals surface area contributed by atoms with Gasteiger partial charge in [0.05, 0.1) is 19.4 Å². The molecule has 222 valence electrons. The normalized spacial score (nSPS) is 27.0. The molecule has 0 radical (unpaired) electrons. The second-order valence-corrected chi connectivity index (χ2v) is 9.90. The number of ketones is 1. The van der Waals surface area contributed by atoms with Gasteiger partial charge >= 0.3 is 0 Å². The summed E-state index contributed by atoms with van der Waals surface area (Å²) in [5.74, 6) is 1.23. The SMILES string of the molecule is CC(=O)CCCCSCCNC(=O)CO/N=C/C(O)[C@@H](O)[C@H](O[C@@H]1OC(CO)[C@H](O)[C@H](O)C1O)C(O)CO. The van der Waals surface area contributed by atoms with Crippen LogP contribution in [-0.4, -0.2) is 152 Å². The number of carbonyl (C=O) groups excluding carboxylic acids is 2. The lowest BCUT2D eigenvalue weighted by Crippen LogP contribution is -2.61. The maximum Gasteiger partial charge on any atom is 0.260 e. The molecule has 15 nitrogen and oxygen atoms in total. The summed E-state index contributed by atoms with van der Waals surface area (Å²) in [5.41, 5.74) is 0. The van der Waals surface area contributed by atoms with Crippen LogP contribution < -0.4 is 5.32 Å². The first-order valence-electron chi connectivity index (χ1n) is 12.1. The van der Waals surface area contributed by atoms with E-state index >= 15 is 0 Å². The van der Waals surface area contributed by atoms with Crippen molar-refractivity contribution in [2.45, 2.75) is 81.3 Å². The molecule has 0 bridgehead atoms. The molecule has 1 aliphatic heterocycles. The smallest absolute Gasteiger partial charge is 0.260 e. The Balaban J connectivity index is 2.46. The lowest BCUT2D eigenvalue weighted by Gasteiger charge is -2.42. The minimum absolute atomic E-state index is 0.163. The minimum atomic E-state index is -1.96. The van der Waals surface area contributed by atoms with Crippen molar-refractivity contribution in [3.63, 3.8) is 0 Å². The van der Waals surface area contributed by atoms with Crippen molar-refractivity contribution >= 4 is 29.7 Å². The number of unbranched alkanes of at least 4 members (excludes halogenated alkanes) is 1. The third-order valence-electron chi connectivity index (χ3n) is 5.51. The average Bonchev–Trinajstić information content (AvgIpc) is 2.89. The summed E-state index contributed by atoms with van der Waals surface area (Å²) in [6.07, 6.45) is -12.8. The first kappa shape index (κ1) is 34.6. The first-order valence-corrected chi connectivity index (χ1v) is 13.3. The van der Waals surface area contributed by atoms with Gasteiger partial charge in [-0.2, -0.15) is 11.8 Å². The molecule has 16 heteroatoms. The number of oxime groups is 1. The van der Waals surface area contributed by atoms with E-state index in [9.17, 15) is 50.4 Å². The van der Waals surface area contributed by atoms with E-state index in [0.29, 0.717) is 24.9 Å². The highest BCUT2D eigenvalue weighted by molar-refractivity contribution is 7.99. The molecule has 0 aliphatic carbocycles. The van der Waals surface area contributed by atoms with Crippen LogP contribution in [0.4, 0.5) is 0 Å². The summed E-state index contributed by atoms with van der Waals surface area (Å²) in [5, 5.41) is 84.9. The fourth-order valence-corrected chi connectivity index (χ4v) is 4.17. The maximum atomic E-state index is 11.8. The second-order valence-electron chi connectivity index (χ2n) is 8.68. The molecule has 1 heterocycles. The molecule has 1 amide bonds. The van der Waals surface area contributed by atoms with Gasteiger partial charge in [-0.25, -0.2) is 0 Å². The summed E-state index contributed by atoms with van der Waals surface area (Å²) in [6, 6.07) is 0. The molecule has 1 fully saturated rings. The third kappa shape index (κ3) is 12.2. The van der Waals surface area contributed by atoms with Gasteiger partial charge in [0.2, 0.25) is 0 Å². The largest absolute Gasteiger partial charge is 0.394 e. The number of thioether (sulfide) groups is 1. The van der Waals surface area contributed by atoms with Crippen LogP contribution in [0.3, 0.4) is 0 Å². The maximum absolute atomic E-state index is 11.8. The lowest BCUT2D eigenvalue weighted by atomic mass is 9.98. The summed E-state index contributed by atoms with van der Waals surface area (Å²) in [6.45, 7) is -0.218. The number of ether oxygens (including phenoxy) is 2. The standard InChI is InChI=1S/C22H40N2O13S/c1-12(27)4-2-3-6-38-7-5-23-16(30)11-35-24-8-13(28)17(31)21(14(29)9-25)37-22-20(34)19(33)18(32)15(10-26)36-22/h8,13-15,17-22,25-26,28-29,31-34H,2-7,9-11H2,1H3,(H,23,30)/b24-8+/t13?,14?,15?,17-,18+,19+,20?,21-,22+/m1/s1. The van der Waals surface area contributed by atoms with E-state index in [2.05, 4.69) is 10.5 Å². The van der Waals surface area contributed by atoms with E-state index in [1.54, 1.807) is 18.7 Å². The Morgan fingerprint density at radius 2 is 1.79 bits per heavy atom. The monoisotopic (exact) mass is 572 g/mol. The Morgan fingerprint density at radius 1 is 1.08 bits per heavy atom. The van der Waals surface area contributed by atoms with Gasteiger partial charge in [-0.15, -0.1) is 0 Å². The van der Waals surface area contributed by atoms with Crippen molar-refractivity contribution in [2.24, 2.45) is 5.16 Å². The number of Topliss-reactive ketones (excluding diaryl/α,β-unsaturated/α-hetero) is 1. The van der Waals surface area contributed by atoms with Gasteiger partial charge < -0.3 is 65.3 Å². The van der Waals surface area contributed by atoms with E-state index in [4.69, 9.17) is 14.3 Å². The van der Waals surface area contributed by atoms with E-state index in [0.717, 1.165) is 18.6 Å². The van der Waals surface area contributed by atoms with E-state index in [1.165, 1.54) is 0 Å². The summed E-state index contributed by atoms with van der Waals surface area (Å²) in [4.78, 5) is 27.4. The predicted molar refractivity (Wildman–Crippen MR) is 133 cm³/mol. The van der Waals surface area contributed by atoms with Gasteiger partial charge in [0.15, 0.2) is 12.9 Å². The molecule has 0 spiro atoms. The molecule has 9 atom stereocenters. The zero-order chi connectivity index (χ0) is 28.7. The number of nitrogens with zero attached hydrogens (tertiary/aromatic N) is 1. The van der Waals surface area contributed by atoms with E-state index < -0.39 is 80.8 Å². The molecule has 1 aliphatic rings. The molecule has 1 saturated heterocycles. The van der Waals surface area contributed by atoms with Crippen molar-refractivity contribution in [3.05, 3.63) is 0 Å². The van der Waals surface area contributed by atoms with Crippen LogP contribution in [0.15, 0.2) is 5.16 Å². The van der Waals surface area contributed by atoms with Gasteiger partial charge in [0, 0.05) is 18.7 Å².